The number of aromatic nitrogens is 2. The van der Waals surface area contributed by atoms with Gasteiger partial charge in [0.25, 0.3) is 0 Å². The fourth-order valence-corrected chi connectivity index (χ4v) is 2.97. The maximum atomic E-state index is 9.53. The second-order valence-corrected chi connectivity index (χ2v) is 5.78. The lowest BCUT2D eigenvalue weighted by atomic mass is 9.92. The minimum Gasteiger partial charge on any atom is -0.396 e. The van der Waals surface area contributed by atoms with Gasteiger partial charge in [0.15, 0.2) is 0 Å². The molecule has 1 N–H and O–H groups in total. The lowest BCUT2D eigenvalue weighted by Crippen LogP contribution is -2.08. The van der Waals surface area contributed by atoms with Crippen molar-refractivity contribution in [1.82, 2.24) is 9.97 Å². The topological polar surface area (TPSA) is 46.0 Å². The van der Waals surface area contributed by atoms with Crippen LogP contribution in [0, 0.1) is 19.8 Å². The van der Waals surface area contributed by atoms with E-state index < -0.39 is 0 Å². The molecule has 1 aliphatic carbocycles. The van der Waals surface area contributed by atoms with Gasteiger partial charge in [0.2, 0.25) is 0 Å². The number of allylic oxidation sites excluding steroid dienone is 1. The van der Waals surface area contributed by atoms with Gasteiger partial charge in [-0.25, -0.2) is 9.97 Å². The lowest BCUT2D eigenvalue weighted by molar-refractivity contribution is 0.268. The Morgan fingerprint density at radius 2 is 2.05 bits per heavy atom. The van der Waals surface area contributed by atoms with E-state index in [0.29, 0.717) is 5.92 Å². The highest BCUT2D eigenvalue weighted by Gasteiger charge is 2.52. The van der Waals surface area contributed by atoms with Crippen molar-refractivity contribution >= 4 is 6.08 Å². The van der Waals surface area contributed by atoms with E-state index in [1.165, 1.54) is 5.56 Å². The van der Waals surface area contributed by atoms with E-state index in [1.807, 2.05) is 26.1 Å². The van der Waals surface area contributed by atoms with Crippen LogP contribution >= 0.6 is 0 Å². The Hall–Kier alpha value is -2.00. The Morgan fingerprint density at radius 1 is 1.29 bits per heavy atom. The number of benzene rings is 1. The first-order valence-electron chi connectivity index (χ1n) is 7.31. The zero-order chi connectivity index (χ0) is 14.9. The van der Waals surface area contributed by atoms with Crippen molar-refractivity contribution in [2.45, 2.75) is 25.7 Å². The molecule has 1 aromatic carbocycles. The van der Waals surface area contributed by atoms with E-state index in [-0.39, 0.29) is 12.0 Å². The maximum absolute atomic E-state index is 9.53. The number of aliphatic hydroxyl groups excluding tert-OH is 1. The first-order valence-corrected chi connectivity index (χ1v) is 7.31. The maximum Gasteiger partial charge on any atom is 0.125 e. The van der Waals surface area contributed by atoms with Crippen LogP contribution in [0.5, 0.6) is 0 Å². The average Bonchev–Trinajstić information content (AvgIpc) is 3.22. The third kappa shape index (κ3) is 2.61. The van der Waals surface area contributed by atoms with Crippen molar-refractivity contribution in [1.29, 1.82) is 0 Å². The normalized spacial score (nSPS) is 24.4. The van der Waals surface area contributed by atoms with Crippen LogP contribution in [-0.4, -0.2) is 21.7 Å². The summed E-state index contributed by atoms with van der Waals surface area (Å²) in [5.74, 6) is 1.10. The predicted molar refractivity (Wildman–Crippen MR) is 83.9 cm³/mol. The monoisotopic (exact) mass is 280 g/mol. The van der Waals surface area contributed by atoms with Crippen molar-refractivity contribution in [2.24, 2.45) is 5.92 Å². The van der Waals surface area contributed by atoms with Crippen molar-refractivity contribution < 1.29 is 5.11 Å². The first kappa shape index (κ1) is 14.0. The molecule has 1 heterocycles. The third-order valence-electron chi connectivity index (χ3n) is 4.38. The molecule has 1 aliphatic rings. The molecule has 2 atom stereocenters. The van der Waals surface area contributed by atoms with Gasteiger partial charge in [-0.05, 0) is 31.7 Å². The molecule has 108 valence electrons. The molecule has 0 spiro atoms. The molecule has 0 saturated heterocycles. The van der Waals surface area contributed by atoms with Crippen molar-refractivity contribution in [3.8, 4) is 0 Å². The summed E-state index contributed by atoms with van der Waals surface area (Å²) < 4.78 is 0. The summed E-state index contributed by atoms with van der Waals surface area (Å²) in [6, 6.07) is 10.4. The van der Waals surface area contributed by atoms with Gasteiger partial charge in [0.1, 0.15) is 5.82 Å². The van der Waals surface area contributed by atoms with Gasteiger partial charge in [-0.1, -0.05) is 42.5 Å². The molecular formula is C18H20N2O. The second-order valence-electron chi connectivity index (χ2n) is 5.78. The van der Waals surface area contributed by atoms with Crippen LogP contribution in [0.15, 0.2) is 42.6 Å². The number of rotatable bonds is 4. The Labute approximate surface area is 125 Å². The second kappa shape index (κ2) is 5.41. The first-order chi connectivity index (χ1) is 10.2. The molecule has 0 radical (unpaired) electrons. The van der Waals surface area contributed by atoms with Gasteiger partial charge in [0.05, 0.1) is 0 Å². The molecule has 0 aliphatic heterocycles. The van der Waals surface area contributed by atoms with Crippen LogP contribution in [0.4, 0.5) is 0 Å². The van der Waals surface area contributed by atoms with E-state index in [0.717, 1.165) is 23.5 Å². The summed E-state index contributed by atoms with van der Waals surface area (Å²) in [5, 5.41) is 9.53. The molecule has 3 rings (SSSR count). The van der Waals surface area contributed by atoms with Gasteiger partial charge in [-0.3, -0.25) is 0 Å². The predicted octanol–water partition coefficient (Wildman–Crippen LogP) is 3.06. The minimum atomic E-state index is -0.0344. The summed E-state index contributed by atoms with van der Waals surface area (Å²) in [6.45, 7) is 4.12. The number of nitrogens with zero attached hydrogens (tertiary/aromatic N) is 2. The number of hydrogen-bond donors (Lipinski definition) is 1. The van der Waals surface area contributed by atoms with Gasteiger partial charge in [0, 0.05) is 29.5 Å². The molecular weight excluding hydrogens is 260 g/mol. The van der Waals surface area contributed by atoms with Gasteiger partial charge in [-0.15, -0.1) is 0 Å². The Kier molecular flexibility index (Phi) is 3.60. The zero-order valence-corrected chi connectivity index (χ0v) is 12.5. The van der Waals surface area contributed by atoms with Crippen molar-refractivity contribution in [2.75, 3.05) is 6.61 Å². The van der Waals surface area contributed by atoms with E-state index in [4.69, 9.17) is 0 Å². The molecule has 0 unspecified atom stereocenters. The molecule has 1 aromatic heterocycles. The molecule has 1 fully saturated rings. The highest BCUT2D eigenvalue weighted by molar-refractivity contribution is 5.56. The van der Waals surface area contributed by atoms with E-state index in [2.05, 4.69) is 46.4 Å². The summed E-state index contributed by atoms with van der Waals surface area (Å²) in [7, 11) is 0. The Morgan fingerprint density at radius 3 is 2.67 bits per heavy atom. The minimum absolute atomic E-state index is 0.0344. The SMILES string of the molecule is Cc1ncc(/C=C/[C@@]2(c3ccccc3)C[C@H]2CO)c(C)n1. The van der Waals surface area contributed by atoms with E-state index in [9.17, 15) is 5.11 Å². The Bertz CT molecular complexity index is 666. The van der Waals surface area contributed by atoms with E-state index >= 15 is 0 Å². The molecule has 21 heavy (non-hydrogen) atoms. The van der Waals surface area contributed by atoms with Gasteiger partial charge in [-0.2, -0.15) is 0 Å². The van der Waals surface area contributed by atoms with Crippen LogP contribution in [0.25, 0.3) is 6.08 Å². The summed E-state index contributed by atoms with van der Waals surface area (Å²) in [4.78, 5) is 8.66. The average molecular weight is 280 g/mol. The molecule has 1 saturated carbocycles. The fourth-order valence-electron chi connectivity index (χ4n) is 2.97. The van der Waals surface area contributed by atoms with Crippen molar-refractivity contribution in [3.63, 3.8) is 0 Å². The zero-order valence-electron chi connectivity index (χ0n) is 12.5. The smallest absolute Gasteiger partial charge is 0.125 e. The molecule has 0 amide bonds. The standard InChI is InChI=1S/C18H20N2O/c1-13-15(11-19-14(2)20-13)8-9-18(10-17(18)12-21)16-6-4-3-5-7-16/h3-9,11,17,21H,10,12H2,1-2H3/b9-8+/t17-,18-/m0/s1. The molecule has 0 bridgehead atoms. The van der Waals surface area contributed by atoms with Gasteiger partial charge >= 0.3 is 0 Å². The van der Waals surface area contributed by atoms with Crippen LogP contribution in [0.1, 0.15) is 29.1 Å². The number of hydrogen-bond acceptors (Lipinski definition) is 3. The third-order valence-corrected chi connectivity index (χ3v) is 4.38. The molecule has 3 heteroatoms. The molecule has 3 nitrogen and oxygen atoms in total. The van der Waals surface area contributed by atoms with E-state index in [1.54, 1.807) is 0 Å². The summed E-state index contributed by atoms with van der Waals surface area (Å²) in [6.07, 6.45) is 7.17. The fraction of sp³-hybridized carbons (Fsp3) is 0.333. The highest BCUT2D eigenvalue weighted by atomic mass is 16.3. The Balaban J connectivity index is 1.92. The highest BCUT2D eigenvalue weighted by Crippen LogP contribution is 2.55. The van der Waals surface area contributed by atoms with Gasteiger partial charge < -0.3 is 5.11 Å². The summed E-state index contributed by atoms with van der Waals surface area (Å²) in [5.41, 5.74) is 3.27. The largest absolute Gasteiger partial charge is 0.396 e. The summed E-state index contributed by atoms with van der Waals surface area (Å²) >= 11 is 0. The molecule has 2 aromatic rings. The van der Waals surface area contributed by atoms with Crippen LogP contribution in [0.2, 0.25) is 0 Å². The van der Waals surface area contributed by atoms with Crippen LogP contribution in [-0.2, 0) is 5.41 Å². The van der Waals surface area contributed by atoms with Crippen LogP contribution in [0.3, 0.4) is 0 Å². The number of aryl methyl sites for hydroxylation is 2. The number of aliphatic hydroxyl groups is 1. The quantitative estimate of drug-likeness (QED) is 0.936. The van der Waals surface area contributed by atoms with Crippen LogP contribution < -0.4 is 0 Å². The lowest BCUT2D eigenvalue weighted by Gasteiger charge is -2.13. The van der Waals surface area contributed by atoms with Crippen molar-refractivity contribution in [3.05, 3.63) is 65.2 Å².